The van der Waals surface area contributed by atoms with Crippen molar-refractivity contribution in [1.82, 2.24) is 4.57 Å². The average Bonchev–Trinajstić information content (AvgIpc) is 2.74. The van der Waals surface area contributed by atoms with E-state index in [0.717, 1.165) is 22.0 Å². The molecule has 108 valence electrons. The Balaban J connectivity index is 0.00000161. The van der Waals surface area contributed by atoms with Crippen LogP contribution in [-0.2, 0) is 14.1 Å². The van der Waals surface area contributed by atoms with Gasteiger partial charge in [-0.2, -0.15) is 0 Å². The Kier molecular flexibility index (Phi) is 4.77. The first-order chi connectivity index (χ1) is 9.63. The molecule has 0 aliphatic carbocycles. The number of fused-ring (bicyclic) bond motifs is 1. The van der Waals surface area contributed by atoms with Crippen molar-refractivity contribution >= 4 is 23.1 Å². The number of benzene rings is 1. The molecule has 2 nitrogen and oxygen atoms in total. The van der Waals surface area contributed by atoms with Gasteiger partial charge in [0.2, 0.25) is 0 Å². The highest BCUT2D eigenvalue weighted by atomic mass is 127. The zero-order valence-corrected chi connectivity index (χ0v) is 14.1. The largest absolute Gasteiger partial charge is 1.00 e. The predicted octanol–water partition coefficient (Wildman–Crippen LogP) is 0.316. The number of halogens is 2. The summed E-state index contributed by atoms with van der Waals surface area (Å²) in [4.78, 5) is 0. The van der Waals surface area contributed by atoms with Crippen LogP contribution in [0, 0.1) is 5.82 Å². The van der Waals surface area contributed by atoms with Crippen LogP contribution in [0.4, 0.5) is 4.39 Å². The van der Waals surface area contributed by atoms with Crippen LogP contribution in [0.15, 0.2) is 48.9 Å². The monoisotopic (exact) mass is 394 g/mol. The fraction of sp³-hybridized carbons (Fsp3) is 0.118. The van der Waals surface area contributed by atoms with E-state index in [9.17, 15) is 4.39 Å². The van der Waals surface area contributed by atoms with Gasteiger partial charge < -0.3 is 28.5 Å². The van der Waals surface area contributed by atoms with Crippen molar-refractivity contribution in [2.45, 2.75) is 0 Å². The van der Waals surface area contributed by atoms with Crippen LogP contribution >= 0.6 is 0 Å². The van der Waals surface area contributed by atoms with Crippen molar-refractivity contribution in [2.24, 2.45) is 14.1 Å². The Hall–Kier alpha value is -1.69. The molecule has 0 aliphatic heterocycles. The Bertz CT molecular complexity index is 788. The molecule has 0 unspecified atom stereocenters. The van der Waals surface area contributed by atoms with Gasteiger partial charge in [-0.25, -0.2) is 8.96 Å². The van der Waals surface area contributed by atoms with Crippen LogP contribution in [0.3, 0.4) is 0 Å². The molecular weight excluding hydrogens is 378 g/mol. The van der Waals surface area contributed by atoms with Crippen LogP contribution in [0.5, 0.6) is 0 Å². The lowest BCUT2D eigenvalue weighted by atomic mass is 10.1. The van der Waals surface area contributed by atoms with E-state index in [1.54, 1.807) is 6.07 Å². The summed E-state index contributed by atoms with van der Waals surface area (Å²) < 4.78 is 17.4. The number of aryl methyl sites for hydroxylation is 2. The van der Waals surface area contributed by atoms with Crippen molar-refractivity contribution in [1.29, 1.82) is 0 Å². The summed E-state index contributed by atoms with van der Waals surface area (Å²) >= 11 is 0. The Morgan fingerprint density at radius 2 is 1.81 bits per heavy atom. The number of nitrogens with zero attached hydrogens (tertiary/aromatic N) is 2. The summed E-state index contributed by atoms with van der Waals surface area (Å²) in [6.45, 7) is 0. The lowest BCUT2D eigenvalue weighted by Crippen LogP contribution is -3.00. The van der Waals surface area contributed by atoms with Gasteiger partial charge in [-0.1, -0.05) is 12.2 Å². The second kappa shape index (κ2) is 6.39. The molecule has 1 aromatic carbocycles. The van der Waals surface area contributed by atoms with Gasteiger partial charge in [0, 0.05) is 41.8 Å². The highest BCUT2D eigenvalue weighted by Crippen LogP contribution is 2.23. The maximum atomic E-state index is 13.4. The Morgan fingerprint density at radius 3 is 2.52 bits per heavy atom. The molecule has 0 spiro atoms. The van der Waals surface area contributed by atoms with Crippen molar-refractivity contribution in [3.8, 4) is 0 Å². The molecule has 0 atom stereocenters. The van der Waals surface area contributed by atoms with Crippen LogP contribution in [0.25, 0.3) is 23.1 Å². The maximum Gasteiger partial charge on any atom is 0.169 e. The van der Waals surface area contributed by atoms with E-state index < -0.39 is 0 Å². The number of hydrogen-bond donors (Lipinski definition) is 0. The number of hydrogen-bond acceptors (Lipinski definition) is 0. The number of pyridine rings is 1. The van der Waals surface area contributed by atoms with Gasteiger partial charge in [0.1, 0.15) is 12.9 Å². The van der Waals surface area contributed by atoms with E-state index in [-0.39, 0.29) is 29.8 Å². The van der Waals surface area contributed by atoms with Gasteiger partial charge in [0.25, 0.3) is 0 Å². The minimum atomic E-state index is -0.204. The summed E-state index contributed by atoms with van der Waals surface area (Å²) in [7, 11) is 3.96. The molecule has 4 heteroatoms. The van der Waals surface area contributed by atoms with Crippen molar-refractivity contribution < 1.29 is 32.9 Å². The summed E-state index contributed by atoms with van der Waals surface area (Å²) in [5.74, 6) is -0.204. The second-order valence-electron chi connectivity index (χ2n) is 4.99. The van der Waals surface area contributed by atoms with Crippen molar-refractivity contribution in [3.05, 3.63) is 65.9 Å². The zero-order chi connectivity index (χ0) is 14.1. The topological polar surface area (TPSA) is 8.81 Å². The first kappa shape index (κ1) is 15.7. The molecule has 0 radical (unpaired) electrons. The van der Waals surface area contributed by atoms with E-state index in [0.29, 0.717) is 0 Å². The third-order valence-corrected chi connectivity index (χ3v) is 3.44. The molecule has 2 aromatic heterocycles. The minimum Gasteiger partial charge on any atom is -1.00 e. The molecule has 2 heterocycles. The molecule has 21 heavy (non-hydrogen) atoms. The fourth-order valence-corrected chi connectivity index (χ4v) is 2.34. The van der Waals surface area contributed by atoms with Crippen LogP contribution in [0.1, 0.15) is 11.1 Å². The Labute approximate surface area is 140 Å². The quantitative estimate of drug-likeness (QED) is 0.438. The van der Waals surface area contributed by atoms with E-state index >= 15 is 0 Å². The standard InChI is InChI=1S/C17H16FN2.HI/c1-19-9-7-13(8-10-19)3-4-14-12-20(2)17-6-5-15(18)11-16(14)17;/h3-12H,1-2H3;1H/q+1;/p-1. The molecular formula is C17H16FIN2. The molecule has 0 amide bonds. The third-order valence-electron chi connectivity index (χ3n) is 3.44. The molecule has 3 rings (SSSR count). The van der Waals surface area contributed by atoms with Gasteiger partial charge in [-0.15, -0.1) is 0 Å². The molecule has 0 aliphatic rings. The van der Waals surface area contributed by atoms with Gasteiger partial charge in [-0.05, 0) is 23.8 Å². The third kappa shape index (κ3) is 3.32. The van der Waals surface area contributed by atoms with Crippen molar-refractivity contribution in [2.75, 3.05) is 0 Å². The maximum absolute atomic E-state index is 13.4. The molecule has 0 bridgehead atoms. The lowest BCUT2D eigenvalue weighted by molar-refractivity contribution is -0.671. The minimum absolute atomic E-state index is 0. The SMILES string of the molecule is Cn1cc(C=Cc2cc[n+](C)cc2)c2cc(F)ccc21.[I-]. The molecule has 3 aromatic rings. The van der Waals surface area contributed by atoms with Crippen LogP contribution < -0.4 is 28.5 Å². The predicted molar refractivity (Wildman–Crippen MR) is 79.4 cm³/mol. The fourth-order valence-electron chi connectivity index (χ4n) is 2.34. The summed E-state index contributed by atoms with van der Waals surface area (Å²) in [5, 5.41) is 0.935. The van der Waals surface area contributed by atoms with Gasteiger partial charge in [-0.3, -0.25) is 0 Å². The summed E-state index contributed by atoms with van der Waals surface area (Å²) in [6, 6.07) is 8.97. The van der Waals surface area contributed by atoms with Crippen LogP contribution in [-0.4, -0.2) is 4.57 Å². The normalized spacial score (nSPS) is 11.0. The van der Waals surface area contributed by atoms with E-state index in [4.69, 9.17) is 0 Å². The average molecular weight is 394 g/mol. The molecule has 0 saturated heterocycles. The van der Waals surface area contributed by atoms with Crippen LogP contribution in [0.2, 0.25) is 0 Å². The van der Waals surface area contributed by atoms with Crippen molar-refractivity contribution in [3.63, 3.8) is 0 Å². The van der Waals surface area contributed by atoms with Gasteiger partial charge in [0.05, 0.1) is 0 Å². The van der Waals surface area contributed by atoms with E-state index in [1.807, 2.05) is 72.2 Å². The smallest absolute Gasteiger partial charge is 0.169 e. The molecule has 0 N–H and O–H groups in total. The zero-order valence-electron chi connectivity index (χ0n) is 11.9. The Morgan fingerprint density at radius 1 is 1.10 bits per heavy atom. The van der Waals surface area contributed by atoms with Gasteiger partial charge in [0.15, 0.2) is 12.4 Å². The van der Waals surface area contributed by atoms with E-state index in [2.05, 4.69) is 0 Å². The highest BCUT2D eigenvalue weighted by molar-refractivity contribution is 5.92. The molecule has 0 saturated carbocycles. The highest BCUT2D eigenvalue weighted by Gasteiger charge is 2.05. The first-order valence-electron chi connectivity index (χ1n) is 6.51. The number of aromatic nitrogens is 2. The first-order valence-corrected chi connectivity index (χ1v) is 6.51. The summed E-state index contributed by atoms with van der Waals surface area (Å²) in [6.07, 6.45) is 10.1. The molecule has 0 fully saturated rings. The second-order valence-corrected chi connectivity index (χ2v) is 4.99. The van der Waals surface area contributed by atoms with Gasteiger partial charge >= 0.3 is 0 Å². The van der Waals surface area contributed by atoms with E-state index in [1.165, 1.54) is 6.07 Å². The lowest BCUT2D eigenvalue weighted by Gasteiger charge is -1.95. The summed E-state index contributed by atoms with van der Waals surface area (Å²) in [5.41, 5.74) is 3.18. The number of rotatable bonds is 2.